The molecule has 2 aliphatic heterocycles. The zero-order chi connectivity index (χ0) is 11.7. The third-order valence-corrected chi connectivity index (χ3v) is 5.54. The molecular formula is C15H21NS. The monoisotopic (exact) mass is 247 g/mol. The van der Waals surface area contributed by atoms with Crippen molar-refractivity contribution in [1.82, 2.24) is 4.90 Å². The molecule has 2 aliphatic rings. The summed E-state index contributed by atoms with van der Waals surface area (Å²) in [5.41, 5.74) is 3.51. The minimum Gasteiger partial charge on any atom is -0.298 e. The molecule has 1 atom stereocenters. The van der Waals surface area contributed by atoms with Crippen molar-refractivity contribution < 1.29 is 0 Å². The summed E-state index contributed by atoms with van der Waals surface area (Å²) in [5, 5.41) is 0. The molecule has 0 unspecified atom stereocenters. The van der Waals surface area contributed by atoms with Gasteiger partial charge in [0, 0.05) is 18.8 Å². The first-order valence-corrected chi connectivity index (χ1v) is 7.77. The Hall–Kier alpha value is -0.470. The van der Waals surface area contributed by atoms with Gasteiger partial charge in [0.05, 0.1) is 0 Å². The summed E-state index contributed by atoms with van der Waals surface area (Å²) in [5.74, 6) is 2.79. The molecule has 0 N–H and O–H groups in total. The molecule has 3 rings (SSSR count). The van der Waals surface area contributed by atoms with Gasteiger partial charge in [0.2, 0.25) is 0 Å². The van der Waals surface area contributed by atoms with E-state index in [0.717, 1.165) is 6.54 Å². The van der Waals surface area contributed by atoms with Crippen LogP contribution in [0.25, 0.3) is 0 Å². The lowest BCUT2D eigenvalue weighted by molar-refractivity contribution is 0.274. The van der Waals surface area contributed by atoms with Crippen LogP contribution in [0.1, 0.15) is 24.0 Å². The van der Waals surface area contributed by atoms with Crippen molar-refractivity contribution >= 4 is 11.8 Å². The van der Waals surface area contributed by atoms with Gasteiger partial charge >= 0.3 is 0 Å². The minimum atomic E-state index is 0.676. The summed E-state index contributed by atoms with van der Waals surface area (Å²) in [7, 11) is 0. The number of likely N-dealkylation sites (tertiary alicyclic amines) is 1. The van der Waals surface area contributed by atoms with Gasteiger partial charge in [-0.2, -0.15) is 11.8 Å². The number of thioether (sulfide) groups is 1. The van der Waals surface area contributed by atoms with Gasteiger partial charge in [-0.05, 0) is 43.0 Å². The molecule has 2 heteroatoms. The largest absolute Gasteiger partial charge is 0.298 e. The molecule has 92 valence electrons. The number of aryl methyl sites for hydroxylation is 1. The third kappa shape index (κ3) is 2.53. The quantitative estimate of drug-likeness (QED) is 0.788. The molecule has 2 heterocycles. The van der Waals surface area contributed by atoms with Crippen molar-refractivity contribution in [3.8, 4) is 0 Å². The van der Waals surface area contributed by atoms with Crippen molar-refractivity contribution in [2.75, 3.05) is 24.6 Å². The van der Waals surface area contributed by atoms with E-state index < -0.39 is 0 Å². The SMILES string of the molecule is Cc1ccc(CN2CC[C@@]3(CCSC3)C2)cc1. The molecule has 0 aromatic heterocycles. The third-order valence-electron chi connectivity index (χ3n) is 4.23. The molecule has 2 saturated heterocycles. The lowest BCUT2D eigenvalue weighted by Gasteiger charge is -2.22. The Balaban J connectivity index is 1.62. The number of nitrogens with zero attached hydrogens (tertiary/aromatic N) is 1. The van der Waals surface area contributed by atoms with Crippen molar-refractivity contribution in [3.63, 3.8) is 0 Å². The van der Waals surface area contributed by atoms with Gasteiger partial charge in [-0.1, -0.05) is 29.8 Å². The highest BCUT2D eigenvalue weighted by Gasteiger charge is 2.40. The highest BCUT2D eigenvalue weighted by atomic mass is 32.2. The highest BCUT2D eigenvalue weighted by Crippen LogP contribution is 2.43. The maximum atomic E-state index is 2.65. The van der Waals surface area contributed by atoms with Gasteiger partial charge in [0.25, 0.3) is 0 Å². The summed E-state index contributed by atoms with van der Waals surface area (Å²) in [4.78, 5) is 2.65. The molecule has 17 heavy (non-hydrogen) atoms. The molecule has 1 nitrogen and oxygen atoms in total. The van der Waals surface area contributed by atoms with Crippen molar-refractivity contribution in [2.24, 2.45) is 5.41 Å². The number of hydrogen-bond donors (Lipinski definition) is 0. The van der Waals surface area contributed by atoms with Gasteiger partial charge in [0.1, 0.15) is 0 Å². The Morgan fingerprint density at radius 3 is 2.76 bits per heavy atom. The Morgan fingerprint density at radius 2 is 2.06 bits per heavy atom. The van der Waals surface area contributed by atoms with Crippen LogP contribution in [-0.4, -0.2) is 29.5 Å². The maximum Gasteiger partial charge on any atom is 0.0233 e. The van der Waals surface area contributed by atoms with Crippen LogP contribution in [0, 0.1) is 12.3 Å². The van der Waals surface area contributed by atoms with Crippen LogP contribution in [0.5, 0.6) is 0 Å². The minimum absolute atomic E-state index is 0.676. The van der Waals surface area contributed by atoms with Crippen LogP contribution in [0.4, 0.5) is 0 Å². The van der Waals surface area contributed by atoms with E-state index in [4.69, 9.17) is 0 Å². The highest BCUT2D eigenvalue weighted by molar-refractivity contribution is 7.99. The first kappa shape index (κ1) is 11.6. The molecule has 0 amide bonds. The summed E-state index contributed by atoms with van der Waals surface area (Å²) >= 11 is 2.15. The van der Waals surface area contributed by atoms with E-state index in [1.807, 2.05) is 0 Å². The zero-order valence-electron chi connectivity index (χ0n) is 10.6. The van der Waals surface area contributed by atoms with Crippen LogP contribution in [0.3, 0.4) is 0 Å². The summed E-state index contributed by atoms with van der Waals surface area (Å²) in [6, 6.07) is 9.02. The smallest absolute Gasteiger partial charge is 0.0233 e. The van der Waals surface area contributed by atoms with Crippen LogP contribution in [0.15, 0.2) is 24.3 Å². The Morgan fingerprint density at radius 1 is 1.24 bits per heavy atom. The molecule has 1 spiro atoms. The van der Waals surface area contributed by atoms with Gasteiger partial charge < -0.3 is 0 Å². The number of benzene rings is 1. The zero-order valence-corrected chi connectivity index (χ0v) is 11.4. The fourth-order valence-electron chi connectivity index (χ4n) is 3.09. The van der Waals surface area contributed by atoms with Gasteiger partial charge in [0.15, 0.2) is 0 Å². The molecule has 1 aromatic rings. The van der Waals surface area contributed by atoms with Gasteiger partial charge in [-0.25, -0.2) is 0 Å². The van der Waals surface area contributed by atoms with Crippen LogP contribution < -0.4 is 0 Å². The molecule has 0 saturated carbocycles. The topological polar surface area (TPSA) is 3.24 Å². The predicted molar refractivity (Wildman–Crippen MR) is 75.4 cm³/mol. The van der Waals surface area contributed by atoms with E-state index in [-0.39, 0.29) is 0 Å². The lowest BCUT2D eigenvalue weighted by atomic mass is 9.87. The lowest BCUT2D eigenvalue weighted by Crippen LogP contribution is -2.26. The Bertz CT molecular complexity index is 378. The summed E-state index contributed by atoms with van der Waals surface area (Å²) < 4.78 is 0. The standard InChI is InChI=1S/C15H21NS/c1-13-2-4-14(5-3-13)10-16-8-6-15(11-16)7-9-17-12-15/h2-5H,6-12H2,1H3/t15-/m1/s1. The molecule has 0 radical (unpaired) electrons. The predicted octanol–water partition coefficient (Wildman–Crippen LogP) is 3.32. The van der Waals surface area contributed by atoms with Crippen LogP contribution in [0.2, 0.25) is 0 Å². The van der Waals surface area contributed by atoms with E-state index >= 15 is 0 Å². The fourth-order valence-corrected chi connectivity index (χ4v) is 4.62. The van der Waals surface area contributed by atoms with Gasteiger partial charge in [-0.3, -0.25) is 4.90 Å². The van der Waals surface area contributed by atoms with E-state index in [0.29, 0.717) is 5.41 Å². The van der Waals surface area contributed by atoms with Crippen LogP contribution >= 0.6 is 11.8 Å². The molecule has 0 bridgehead atoms. The first-order valence-electron chi connectivity index (χ1n) is 6.62. The summed E-state index contributed by atoms with van der Waals surface area (Å²) in [6.07, 6.45) is 2.87. The van der Waals surface area contributed by atoms with Gasteiger partial charge in [-0.15, -0.1) is 0 Å². The van der Waals surface area contributed by atoms with E-state index in [1.165, 1.54) is 48.6 Å². The second kappa shape index (κ2) is 4.66. The molecular weight excluding hydrogens is 226 g/mol. The molecule has 0 aliphatic carbocycles. The Kier molecular flexibility index (Phi) is 3.18. The van der Waals surface area contributed by atoms with E-state index in [1.54, 1.807) is 0 Å². The number of hydrogen-bond acceptors (Lipinski definition) is 2. The second-order valence-corrected chi connectivity index (χ2v) is 6.85. The number of rotatable bonds is 2. The average Bonchev–Trinajstić information content (AvgIpc) is 2.94. The Labute approximate surface area is 109 Å². The second-order valence-electron chi connectivity index (χ2n) is 5.75. The normalized spacial score (nSPS) is 29.2. The fraction of sp³-hybridized carbons (Fsp3) is 0.600. The average molecular weight is 247 g/mol. The maximum absolute atomic E-state index is 2.65. The van der Waals surface area contributed by atoms with Crippen molar-refractivity contribution in [1.29, 1.82) is 0 Å². The first-order chi connectivity index (χ1) is 8.26. The van der Waals surface area contributed by atoms with E-state index in [9.17, 15) is 0 Å². The molecule has 2 fully saturated rings. The van der Waals surface area contributed by atoms with Crippen molar-refractivity contribution in [3.05, 3.63) is 35.4 Å². The summed E-state index contributed by atoms with van der Waals surface area (Å²) in [6.45, 7) is 5.93. The van der Waals surface area contributed by atoms with Crippen LogP contribution in [-0.2, 0) is 6.54 Å². The van der Waals surface area contributed by atoms with Crippen molar-refractivity contribution in [2.45, 2.75) is 26.3 Å². The van der Waals surface area contributed by atoms with E-state index in [2.05, 4.69) is 47.9 Å². The molecule has 1 aromatic carbocycles.